The summed E-state index contributed by atoms with van der Waals surface area (Å²) >= 11 is 6.00. The molecule has 1 aromatic heterocycles. The molecule has 20 heavy (non-hydrogen) atoms. The average Bonchev–Trinajstić information content (AvgIpc) is 2.48. The van der Waals surface area contributed by atoms with Gasteiger partial charge in [-0.15, -0.1) is 0 Å². The zero-order chi connectivity index (χ0) is 14.1. The quantitative estimate of drug-likeness (QED) is 0.785. The topological polar surface area (TPSA) is 46.0 Å². The Morgan fingerprint density at radius 3 is 2.55 bits per heavy atom. The number of aliphatic hydroxyl groups is 1. The summed E-state index contributed by atoms with van der Waals surface area (Å²) in [4.78, 5) is 8.33. The van der Waals surface area contributed by atoms with E-state index in [1.807, 2.05) is 0 Å². The SMILES string of the molecule is OC(c1ccc2nccnc2c1)c1cc(F)ccc1Cl. The number of nitrogens with zero attached hydrogens (tertiary/aromatic N) is 2. The van der Waals surface area contributed by atoms with Crippen LogP contribution >= 0.6 is 11.6 Å². The summed E-state index contributed by atoms with van der Waals surface area (Å²) in [6, 6.07) is 9.11. The molecule has 0 fully saturated rings. The molecule has 1 atom stereocenters. The van der Waals surface area contributed by atoms with E-state index in [2.05, 4.69) is 9.97 Å². The van der Waals surface area contributed by atoms with E-state index in [4.69, 9.17) is 11.6 Å². The van der Waals surface area contributed by atoms with Gasteiger partial charge in [0.1, 0.15) is 11.9 Å². The zero-order valence-electron chi connectivity index (χ0n) is 10.3. The lowest BCUT2D eigenvalue weighted by atomic mass is 10.0. The number of aliphatic hydroxyl groups excluding tert-OH is 1. The molecule has 0 saturated heterocycles. The van der Waals surface area contributed by atoms with Crippen LogP contribution in [0.3, 0.4) is 0 Å². The van der Waals surface area contributed by atoms with Crippen LogP contribution in [0.5, 0.6) is 0 Å². The van der Waals surface area contributed by atoms with Gasteiger partial charge in [0, 0.05) is 23.0 Å². The highest BCUT2D eigenvalue weighted by Gasteiger charge is 2.15. The fourth-order valence-corrected chi connectivity index (χ4v) is 2.27. The number of hydrogen-bond donors (Lipinski definition) is 1. The molecule has 0 aliphatic rings. The lowest BCUT2D eigenvalue weighted by Gasteiger charge is -2.13. The largest absolute Gasteiger partial charge is 0.384 e. The van der Waals surface area contributed by atoms with Crippen molar-refractivity contribution in [3.05, 3.63) is 70.8 Å². The van der Waals surface area contributed by atoms with Gasteiger partial charge in [-0.05, 0) is 35.9 Å². The van der Waals surface area contributed by atoms with Gasteiger partial charge < -0.3 is 5.11 Å². The van der Waals surface area contributed by atoms with Gasteiger partial charge >= 0.3 is 0 Å². The summed E-state index contributed by atoms with van der Waals surface area (Å²) < 4.78 is 13.3. The molecule has 3 aromatic rings. The molecule has 5 heteroatoms. The Morgan fingerprint density at radius 1 is 1.00 bits per heavy atom. The van der Waals surface area contributed by atoms with E-state index in [9.17, 15) is 9.50 Å². The van der Waals surface area contributed by atoms with Crippen molar-refractivity contribution in [3.63, 3.8) is 0 Å². The van der Waals surface area contributed by atoms with Crippen LogP contribution in [0.15, 0.2) is 48.8 Å². The van der Waals surface area contributed by atoms with Crippen LogP contribution in [0.2, 0.25) is 5.02 Å². The Kier molecular flexibility index (Phi) is 3.34. The first-order valence-electron chi connectivity index (χ1n) is 5.99. The van der Waals surface area contributed by atoms with Gasteiger partial charge in [-0.1, -0.05) is 17.7 Å². The second-order valence-corrected chi connectivity index (χ2v) is 4.78. The fraction of sp³-hybridized carbons (Fsp3) is 0.0667. The lowest BCUT2D eigenvalue weighted by Crippen LogP contribution is -2.01. The van der Waals surface area contributed by atoms with Crippen molar-refractivity contribution in [3.8, 4) is 0 Å². The highest BCUT2D eigenvalue weighted by molar-refractivity contribution is 6.31. The van der Waals surface area contributed by atoms with E-state index >= 15 is 0 Å². The smallest absolute Gasteiger partial charge is 0.123 e. The molecule has 2 aromatic carbocycles. The predicted molar refractivity (Wildman–Crippen MR) is 75.0 cm³/mol. The van der Waals surface area contributed by atoms with Crippen LogP contribution in [-0.2, 0) is 0 Å². The second-order valence-electron chi connectivity index (χ2n) is 4.37. The summed E-state index contributed by atoms with van der Waals surface area (Å²) in [7, 11) is 0. The van der Waals surface area contributed by atoms with Crippen molar-refractivity contribution in [2.45, 2.75) is 6.10 Å². The van der Waals surface area contributed by atoms with E-state index in [0.717, 1.165) is 5.52 Å². The predicted octanol–water partition coefficient (Wildman–Crippen LogP) is 3.50. The fourth-order valence-electron chi connectivity index (χ4n) is 2.05. The molecule has 3 rings (SSSR count). The maximum atomic E-state index is 13.3. The van der Waals surface area contributed by atoms with Crippen molar-refractivity contribution >= 4 is 22.6 Å². The monoisotopic (exact) mass is 288 g/mol. The summed E-state index contributed by atoms with van der Waals surface area (Å²) in [6.45, 7) is 0. The molecule has 1 unspecified atom stereocenters. The standard InChI is InChI=1S/C15H10ClFN2O/c16-12-3-2-10(17)8-11(12)15(20)9-1-4-13-14(7-9)19-6-5-18-13/h1-8,15,20H. The third-order valence-corrected chi connectivity index (χ3v) is 3.41. The first-order valence-corrected chi connectivity index (χ1v) is 6.36. The van der Waals surface area contributed by atoms with Crippen molar-refractivity contribution in [1.29, 1.82) is 0 Å². The van der Waals surface area contributed by atoms with Crippen LogP contribution in [0.4, 0.5) is 4.39 Å². The van der Waals surface area contributed by atoms with Gasteiger partial charge in [0.2, 0.25) is 0 Å². The van der Waals surface area contributed by atoms with Crippen molar-refractivity contribution < 1.29 is 9.50 Å². The molecule has 3 nitrogen and oxygen atoms in total. The molecule has 0 aliphatic carbocycles. The van der Waals surface area contributed by atoms with Gasteiger partial charge in [0.15, 0.2) is 0 Å². The minimum atomic E-state index is -1.01. The van der Waals surface area contributed by atoms with E-state index in [0.29, 0.717) is 21.7 Å². The van der Waals surface area contributed by atoms with Crippen LogP contribution in [0.25, 0.3) is 11.0 Å². The van der Waals surface area contributed by atoms with Crippen molar-refractivity contribution in [2.75, 3.05) is 0 Å². The van der Waals surface area contributed by atoms with Gasteiger partial charge in [0.05, 0.1) is 11.0 Å². The van der Waals surface area contributed by atoms with E-state index < -0.39 is 11.9 Å². The minimum Gasteiger partial charge on any atom is -0.384 e. The number of fused-ring (bicyclic) bond motifs is 1. The molecule has 0 aliphatic heterocycles. The normalized spacial score (nSPS) is 12.6. The molecule has 100 valence electrons. The Labute approximate surface area is 119 Å². The first kappa shape index (κ1) is 13.0. The van der Waals surface area contributed by atoms with Crippen LogP contribution < -0.4 is 0 Å². The van der Waals surface area contributed by atoms with Crippen molar-refractivity contribution in [1.82, 2.24) is 9.97 Å². The number of rotatable bonds is 2. The Morgan fingerprint density at radius 2 is 1.75 bits per heavy atom. The van der Waals surface area contributed by atoms with Gasteiger partial charge in [0.25, 0.3) is 0 Å². The highest BCUT2D eigenvalue weighted by Crippen LogP contribution is 2.29. The summed E-state index contributed by atoms with van der Waals surface area (Å²) in [5.41, 5.74) is 2.31. The second kappa shape index (κ2) is 5.15. The molecule has 0 bridgehead atoms. The molecular weight excluding hydrogens is 279 g/mol. The highest BCUT2D eigenvalue weighted by atomic mass is 35.5. The van der Waals surface area contributed by atoms with Gasteiger partial charge in [-0.25, -0.2) is 4.39 Å². The first-order chi connectivity index (χ1) is 9.65. The molecule has 0 spiro atoms. The van der Waals surface area contributed by atoms with E-state index in [-0.39, 0.29) is 0 Å². The van der Waals surface area contributed by atoms with Crippen LogP contribution in [0, 0.1) is 5.82 Å². The van der Waals surface area contributed by atoms with Crippen LogP contribution in [-0.4, -0.2) is 15.1 Å². The Bertz CT molecular complexity index is 779. The minimum absolute atomic E-state index is 0.318. The molecule has 0 radical (unpaired) electrons. The van der Waals surface area contributed by atoms with E-state index in [1.165, 1.54) is 18.2 Å². The molecule has 1 N–H and O–H groups in total. The third kappa shape index (κ3) is 2.35. The number of aromatic nitrogens is 2. The van der Waals surface area contributed by atoms with Crippen LogP contribution in [0.1, 0.15) is 17.2 Å². The van der Waals surface area contributed by atoms with Gasteiger partial charge in [-0.3, -0.25) is 9.97 Å². The van der Waals surface area contributed by atoms with Crippen molar-refractivity contribution in [2.24, 2.45) is 0 Å². The third-order valence-electron chi connectivity index (χ3n) is 3.06. The van der Waals surface area contributed by atoms with Gasteiger partial charge in [-0.2, -0.15) is 0 Å². The molecule has 0 amide bonds. The summed E-state index contributed by atoms with van der Waals surface area (Å²) in [5, 5.41) is 10.7. The maximum absolute atomic E-state index is 13.3. The van der Waals surface area contributed by atoms with E-state index in [1.54, 1.807) is 30.6 Å². The number of benzene rings is 2. The number of hydrogen-bond acceptors (Lipinski definition) is 3. The molecule has 1 heterocycles. The maximum Gasteiger partial charge on any atom is 0.123 e. The lowest BCUT2D eigenvalue weighted by molar-refractivity contribution is 0.220. The Hall–Kier alpha value is -2.04. The molecular formula is C15H10ClFN2O. The average molecular weight is 289 g/mol. The summed E-state index contributed by atoms with van der Waals surface area (Å²) in [5.74, 6) is -0.441. The summed E-state index contributed by atoms with van der Waals surface area (Å²) in [6.07, 6.45) is 2.17. The number of halogens is 2. The molecule has 0 saturated carbocycles. The zero-order valence-corrected chi connectivity index (χ0v) is 11.0. The Balaban J connectivity index is 2.07.